The van der Waals surface area contributed by atoms with Gasteiger partial charge in [-0.25, -0.2) is 9.98 Å². The number of hydrogen-bond donors (Lipinski definition) is 1. The van der Waals surface area contributed by atoms with Crippen LogP contribution in [0.2, 0.25) is 0 Å². The van der Waals surface area contributed by atoms with E-state index in [0.717, 1.165) is 26.8 Å². The van der Waals surface area contributed by atoms with Gasteiger partial charge < -0.3 is 5.41 Å². The average molecular weight is 320 g/mol. The minimum Gasteiger partial charge on any atom is -0.304 e. The Hall–Kier alpha value is -2.66. The predicted molar refractivity (Wildman–Crippen MR) is 96.1 cm³/mol. The van der Waals surface area contributed by atoms with E-state index < -0.39 is 0 Å². The lowest BCUT2D eigenvalue weighted by Crippen LogP contribution is -1.98. The Labute approximate surface area is 139 Å². The SMILES string of the molecule is Cc1nc(-c2cccnc2)sc1N=CCC(=N)c1ccccc1. The standard InChI is InChI=1S/C18H16N4S/c1-13-17(23-18(22-13)15-8-5-10-20-12-15)21-11-9-16(19)14-6-3-2-4-7-14/h2-8,10-12,19H,9H2,1H3. The van der Waals surface area contributed by atoms with Gasteiger partial charge in [0, 0.05) is 36.3 Å². The molecule has 0 saturated carbocycles. The number of rotatable bonds is 5. The normalized spacial score (nSPS) is 11.0. The molecule has 0 amide bonds. The second-order valence-corrected chi connectivity index (χ2v) is 5.99. The molecule has 3 rings (SSSR count). The highest BCUT2D eigenvalue weighted by Crippen LogP contribution is 2.33. The van der Waals surface area contributed by atoms with E-state index in [2.05, 4.69) is 15.0 Å². The maximum Gasteiger partial charge on any atom is 0.138 e. The van der Waals surface area contributed by atoms with Crippen LogP contribution in [0.4, 0.5) is 5.00 Å². The van der Waals surface area contributed by atoms with Crippen molar-refractivity contribution in [3.8, 4) is 10.6 Å². The molecule has 0 spiro atoms. The lowest BCUT2D eigenvalue weighted by atomic mass is 10.1. The van der Waals surface area contributed by atoms with E-state index in [1.165, 1.54) is 0 Å². The molecule has 0 aliphatic rings. The topological polar surface area (TPSA) is 62.0 Å². The van der Waals surface area contributed by atoms with Crippen molar-refractivity contribution in [3.63, 3.8) is 0 Å². The fraction of sp³-hybridized carbons (Fsp3) is 0.111. The highest BCUT2D eigenvalue weighted by atomic mass is 32.1. The van der Waals surface area contributed by atoms with Crippen LogP contribution in [0.15, 0.2) is 59.9 Å². The first-order valence-electron chi connectivity index (χ1n) is 7.27. The Morgan fingerprint density at radius 3 is 2.78 bits per heavy atom. The van der Waals surface area contributed by atoms with Crippen molar-refractivity contribution in [2.45, 2.75) is 13.3 Å². The van der Waals surface area contributed by atoms with E-state index in [1.54, 1.807) is 29.9 Å². The smallest absolute Gasteiger partial charge is 0.138 e. The molecule has 0 radical (unpaired) electrons. The van der Waals surface area contributed by atoms with Crippen LogP contribution < -0.4 is 0 Å². The number of pyridine rings is 1. The third-order valence-corrected chi connectivity index (χ3v) is 4.42. The van der Waals surface area contributed by atoms with Gasteiger partial charge in [-0.05, 0) is 24.6 Å². The molecular formula is C18H16N4S. The molecule has 23 heavy (non-hydrogen) atoms. The number of nitrogens with one attached hydrogen (secondary N) is 1. The summed E-state index contributed by atoms with van der Waals surface area (Å²) in [5, 5.41) is 9.87. The second-order valence-electron chi connectivity index (χ2n) is 5.01. The highest BCUT2D eigenvalue weighted by Gasteiger charge is 2.08. The van der Waals surface area contributed by atoms with Crippen LogP contribution in [0.3, 0.4) is 0 Å². The van der Waals surface area contributed by atoms with E-state index in [9.17, 15) is 0 Å². The molecule has 1 aromatic carbocycles. The van der Waals surface area contributed by atoms with E-state index in [1.807, 2.05) is 49.4 Å². The minimum atomic E-state index is 0.504. The fourth-order valence-corrected chi connectivity index (χ4v) is 3.02. The molecule has 3 aromatic rings. The van der Waals surface area contributed by atoms with Crippen LogP contribution in [-0.2, 0) is 0 Å². The monoisotopic (exact) mass is 320 g/mol. The molecular weight excluding hydrogens is 304 g/mol. The molecule has 4 nitrogen and oxygen atoms in total. The van der Waals surface area contributed by atoms with Gasteiger partial charge >= 0.3 is 0 Å². The van der Waals surface area contributed by atoms with Crippen LogP contribution in [0.1, 0.15) is 17.7 Å². The first-order chi connectivity index (χ1) is 11.2. The quantitative estimate of drug-likeness (QED) is 0.694. The van der Waals surface area contributed by atoms with Gasteiger partial charge in [-0.15, -0.1) is 0 Å². The Kier molecular flexibility index (Phi) is 4.68. The summed E-state index contributed by atoms with van der Waals surface area (Å²) in [6.45, 7) is 1.95. The van der Waals surface area contributed by atoms with Gasteiger partial charge in [0.2, 0.25) is 0 Å². The molecule has 0 saturated heterocycles. The second kappa shape index (κ2) is 7.07. The van der Waals surface area contributed by atoms with Gasteiger partial charge in [-0.2, -0.15) is 0 Å². The van der Waals surface area contributed by atoms with E-state index in [-0.39, 0.29) is 0 Å². The third kappa shape index (κ3) is 3.76. The summed E-state index contributed by atoms with van der Waals surface area (Å²) >= 11 is 1.54. The van der Waals surface area contributed by atoms with Crippen molar-refractivity contribution in [1.29, 1.82) is 5.41 Å². The van der Waals surface area contributed by atoms with Gasteiger partial charge in [-0.1, -0.05) is 41.7 Å². The molecule has 0 bridgehead atoms. The Morgan fingerprint density at radius 2 is 2.04 bits per heavy atom. The summed E-state index contributed by atoms with van der Waals surface area (Å²) in [5.41, 5.74) is 3.38. The summed E-state index contributed by atoms with van der Waals surface area (Å²) in [7, 11) is 0. The molecule has 0 unspecified atom stereocenters. The van der Waals surface area contributed by atoms with Gasteiger partial charge in [0.05, 0.1) is 5.69 Å². The molecule has 2 heterocycles. The summed E-state index contributed by atoms with van der Waals surface area (Å²) in [6.07, 6.45) is 5.83. The number of aryl methyl sites for hydroxylation is 1. The van der Waals surface area contributed by atoms with Crippen molar-refractivity contribution >= 4 is 28.3 Å². The van der Waals surface area contributed by atoms with Crippen molar-refractivity contribution in [3.05, 3.63) is 66.1 Å². The van der Waals surface area contributed by atoms with E-state index in [0.29, 0.717) is 12.1 Å². The van der Waals surface area contributed by atoms with Crippen LogP contribution >= 0.6 is 11.3 Å². The Balaban J connectivity index is 1.71. The Bertz CT molecular complexity index is 823. The molecule has 0 fully saturated rings. The van der Waals surface area contributed by atoms with Gasteiger partial charge in [0.1, 0.15) is 10.0 Å². The number of aromatic nitrogens is 2. The number of hydrogen-bond acceptors (Lipinski definition) is 5. The van der Waals surface area contributed by atoms with E-state index in [4.69, 9.17) is 5.41 Å². The zero-order valence-corrected chi connectivity index (χ0v) is 13.5. The predicted octanol–water partition coefficient (Wildman–Crippen LogP) is 4.67. The zero-order chi connectivity index (χ0) is 16.1. The first kappa shape index (κ1) is 15.2. The summed E-state index contributed by atoms with van der Waals surface area (Å²) in [4.78, 5) is 13.2. The number of nitrogens with zero attached hydrogens (tertiary/aromatic N) is 3. The van der Waals surface area contributed by atoms with Gasteiger partial charge in [0.25, 0.3) is 0 Å². The lowest BCUT2D eigenvalue weighted by molar-refractivity contribution is 1.24. The Morgan fingerprint density at radius 1 is 1.22 bits per heavy atom. The molecule has 0 aliphatic carbocycles. The molecule has 114 valence electrons. The summed E-state index contributed by atoms with van der Waals surface area (Å²) in [6, 6.07) is 13.6. The minimum absolute atomic E-state index is 0.504. The van der Waals surface area contributed by atoms with Crippen LogP contribution in [0.5, 0.6) is 0 Å². The zero-order valence-electron chi connectivity index (χ0n) is 12.7. The largest absolute Gasteiger partial charge is 0.304 e. The average Bonchev–Trinajstić information content (AvgIpc) is 2.97. The molecule has 0 aliphatic heterocycles. The maximum absolute atomic E-state index is 8.08. The molecule has 0 atom stereocenters. The molecule has 1 N–H and O–H groups in total. The van der Waals surface area contributed by atoms with E-state index >= 15 is 0 Å². The lowest BCUT2D eigenvalue weighted by Gasteiger charge is -1.99. The summed E-state index contributed by atoms with van der Waals surface area (Å²) in [5.74, 6) is 0. The number of thiazole rings is 1. The van der Waals surface area contributed by atoms with Crippen LogP contribution in [0.25, 0.3) is 10.6 Å². The van der Waals surface area contributed by atoms with Crippen molar-refractivity contribution in [2.24, 2.45) is 4.99 Å². The molecule has 2 aromatic heterocycles. The number of benzene rings is 1. The van der Waals surface area contributed by atoms with Crippen LogP contribution in [-0.4, -0.2) is 21.9 Å². The van der Waals surface area contributed by atoms with Crippen molar-refractivity contribution < 1.29 is 0 Å². The number of aliphatic imine (C=N–C) groups is 1. The van der Waals surface area contributed by atoms with Crippen molar-refractivity contribution in [2.75, 3.05) is 0 Å². The van der Waals surface area contributed by atoms with Gasteiger partial charge in [0.15, 0.2) is 0 Å². The fourth-order valence-electron chi connectivity index (χ4n) is 2.10. The molecule has 5 heteroatoms. The van der Waals surface area contributed by atoms with Gasteiger partial charge in [-0.3, -0.25) is 4.98 Å². The first-order valence-corrected chi connectivity index (χ1v) is 8.09. The summed E-state index contributed by atoms with van der Waals surface area (Å²) < 4.78 is 0. The third-order valence-electron chi connectivity index (χ3n) is 3.31. The maximum atomic E-state index is 8.08. The highest BCUT2D eigenvalue weighted by molar-refractivity contribution is 7.18. The van der Waals surface area contributed by atoms with Crippen molar-refractivity contribution in [1.82, 2.24) is 9.97 Å². The van der Waals surface area contributed by atoms with Crippen LogP contribution in [0, 0.1) is 12.3 Å².